The van der Waals surface area contributed by atoms with Gasteiger partial charge in [0, 0.05) is 26.1 Å². The smallest absolute Gasteiger partial charge is 0.222 e. The van der Waals surface area contributed by atoms with Gasteiger partial charge in [-0.05, 0) is 37.1 Å². The maximum atomic E-state index is 12.2. The van der Waals surface area contributed by atoms with E-state index in [1.54, 1.807) is 31.2 Å². The van der Waals surface area contributed by atoms with Gasteiger partial charge < -0.3 is 10.2 Å². The first kappa shape index (κ1) is 17.0. The van der Waals surface area contributed by atoms with Gasteiger partial charge in [0.25, 0.3) is 0 Å². The van der Waals surface area contributed by atoms with Crippen LogP contribution in [0.4, 0.5) is 0 Å². The van der Waals surface area contributed by atoms with Gasteiger partial charge in [0.2, 0.25) is 5.91 Å². The van der Waals surface area contributed by atoms with Crippen LogP contribution in [0.15, 0.2) is 29.2 Å². The Bertz CT molecular complexity index is 588. The number of benzene rings is 1. The average Bonchev–Trinajstić information content (AvgIpc) is 2.82. The summed E-state index contributed by atoms with van der Waals surface area (Å²) in [4.78, 5) is 14.5. The number of nitrogens with zero attached hydrogens (tertiary/aromatic N) is 1. The van der Waals surface area contributed by atoms with Gasteiger partial charge in [0.15, 0.2) is 9.84 Å². The molecule has 1 aromatic carbocycles. The van der Waals surface area contributed by atoms with E-state index in [4.69, 9.17) is 0 Å². The minimum Gasteiger partial charge on any atom is -0.341 e. The average molecular weight is 324 g/mol. The van der Waals surface area contributed by atoms with Crippen molar-refractivity contribution >= 4 is 15.7 Å². The molecule has 1 fully saturated rings. The van der Waals surface area contributed by atoms with E-state index < -0.39 is 9.84 Å². The fourth-order valence-electron chi connectivity index (χ4n) is 2.53. The largest absolute Gasteiger partial charge is 0.341 e. The fourth-order valence-corrected chi connectivity index (χ4v) is 3.42. The van der Waals surface area contributed by atoms with E-state index >= 15 is 0 Å². The number of rotatable bonds is 5. The molecule has 0 aliphatic carbocycles. The Morgan fingerprint density at radius 1 is 1.18 bits per heavy atom. The SMILES string of the molecule is CCS(=O)(=O)c1ccc(CCC(=O)N2CCCNCC2)cc1. The fraction of sp³-hybridized carbons (Fsp3) is 0.562. The van der Waals surface area contributed by atoms with Crippen LogP contribution in [0.5, 0.6) is 0 Å². The highest BCUT2D eigenvalue weighted by Crippen LogP contribution is 2.14. The van der Waals surface area contributed by atoms with E-state index in [-0.39, 0.29) is 11.7 Å². The second kappa shape index (κ2) is 7.74. The summed E-state index contributed by atoms with van der Waals surface area (Å²) in [6.45, 7) is 5.05. The van der Waals surface area contributed by atoms with Crippen molar-refractivity contribution in [1.29, 1.82) is 0 Å². The van der Waals surface area contributed by atoms with Crippen LogP contribution >= 0.6 is 0 Å². The number of aryl methyl sites for hydroxylation is 1. The van der Waals surface area contributed by atoms with Crippen LogP contribution in [-0.2, 0) is 21.1 Å². The molecule has 1 aliphatic rings. The molecule has 5 nitrogen and oxygen atoms in total. The molecule has 1 saturated heterocycles. The summed E-state index contributed by atoms with van der Waals surface area (Å²) in [5.74, 6) is 0.280. The summed E-state index contributed by atoms with van der Waals surface area (Å²) in [5, 5.41) is 3.28. The van der Waals surface area contributed by atoms with Crippen molar-refractivity contribution in [3.8, 4) is 0 Å². The zero-order chi connectivity index (χ0) is 16.0. The lowest BCUT2D eigenvalue weighted by Gasteiger charge is -2.19. The molecular weight excluding hydrogens is 300 g/mol. The first-order chi connectivity index (χ1) is 10.5. The summed E-state index contributed by atoms with van der Waals surface area (Å²) in [6.07, 6.45) is 2.12. The molecule has 1 N–H and O–H groups in total. The topological polar surface area (TPSA) is 66.5 Å². The molecule has 2 rings (SSSR count). The molecule has 1 aliphatic heterocycles. The number of carbonyl (C=O) groups excluding carboxylic acids is 1. The van der Waals surface area contributed by atoms with Crippen LogP contribution in [0.3, 0.4) is 0 Å². The van der Waals surface area contributed by atoms with Crippen LogP contribution in [0.2, 0.25) is 0 Å². The van der Waals surface area contributed by atoms with Gasteiger partial charge in [-0.1, -0.05) is 19.1 Å². The summed E-state index contributed by atoms with van der Waals surface area (Å²) in [7, 11) is -3.15. The molecule has 122 valence electrons. The molecule has 1 amide bonds. The lowest BCUT2D eigenvalue weighted by Crippen LogP contribution is -2.34. The van der Waals surface area contributed by atoms with Gasteiger partial charge in [-0.25, -0.2) is 8.42 Å². The van der Waals surface area contributed by atoms with E-state index in [0.29, 0.717) is 17.7 Å². The van der Waals surface area contributed by atoms with Crippen molar-refractivity contribution in [3.05, 3.63) is 29.8 Å². The van der Waals surface area contributed by atoms with Gasteiger partial charge in [0.1, 0.15) is 0 Å². The van der Waals surface area contributed by atoms with Crippen LogP contribution in [0.1, 0.15) is 25.3 Å². The first-order valence-electron chi connectivity index (χ1n) is 7.83. The molecule has 6 heteroatoms. The predicted octanol–water partition coefficient (Wildman–Crippen LogP) is 1.23. The minimum absolute atomic E-state index is 0.105. The summed E-state index contributed by atoms with van der Waals surface area (Å²) >= 11 is 0. The predicted molar refractivity (Wildman–Crippen MR) is 86.6 cm³/mol. The highest BCUT2D eigenvalue weighted by atomic mass is 32.2. The highest BCUT2D eigenvalue weighted by molar-refractivity contribution is 7.91. The highest BCUT2D eigenvalue weighted by Gasteiger charge is 2.15. The van der Waals surface area contributed by atoms with Gasteiger partial charge >= 0.3 is 0 Å². The molecular formula is C16H24N2O3S. The van der Waals surface area contributed by atoms with Crippen LogP contribution < -0.4 is 5.32 Å². The lowest BCUT2D eigenvalue weighted by molar-refractivity contribution is -0.130. The van der Waals surface area contributed by atoms with Crippen molar-refractivity contribution < 1.29 is 13.2 Å². The number of sulfone groups is 1. The van der Waals surface area contributed by atoms with Crippen molar-refractivity contribution in [2.24, 2.45) is 0 Å². The number of hydrogen-bond acceptors (Lipinski definition) is 4. The first-order valence-corrected chi connectivity index (χ1v) is 9.48. The summed E-state index contributed by atoms with van der Waals surface area (Å²) in [5.41, 5.74) is 0.997. The number of amides is 1. The molecule has 0 saturated carbocycles. The maximum absolute atomic E-state index is 12.2. The van der Waals surface area contributed by atoms with Crippen molar-refractivity contribution in [2.75, 3.05) is 31.9 Å². The molecule has 1 heterocycles. The van der Waals surface area contributed by atoms with E-state index in [0.717, 1.165) is 38.2 Å². The zero-order valence-corrected chi connectivity index (χ0v) is 13.9. The molecule has 22 heavy (non-hydrogen) atoms. The molecule has 0 aromatic heterocycles. The minimum atomic E-state index is -3.15. The quantitative estimate of drug-likeness (QED) is 0.885. The van der Waals surface area contributed by atoms with Gasteiger partial charge in [-0.2, -0.15) is 0 Å². The standard InChI is InChI=1S/C16H24N2O3S/c1-2-22(20,21)15-7-4-14(5-8-15)6-9-16(19)18-12-3-10-17-11-13-18/h4-5,7-8,17H,2-3,6,9-13H2,1H3. The number of nitrogens with one attached hydrogen (secondary N) is 1. The molecule has 0 radical (unpaired) electrons. The Morgan fingerprint density at radius 3 is 2.59 bits per heavy atom. The third-order valence-corrected chi connectivity index (χ3v) is 5.73. The van der Waals surface area contributed by atoms with E-state index in [1.807, 2.05) is 4.90 Å². The third-order valence-electron chi connectivity index (χ3n) is 3.98. The van der Waals surface area contributed by atoms with Crippen LogP contribution in [0.25, 0.3) is 0 Å². The lowest BCUT2D eigenvalue weighted by atomic mass is 10.1. The zero-order valence-electron chi connectivity index (χ0n) is 13.0. The summed E-state index contributed by atoms with van der Waals surface area (Å²) in [6, 6.07) is 6.88. The molecule has 0 spiro atoms. The van der Waals surface area contributed by atoms with E-state index in [2.05, 4.69) is 5.32 Å². The van der Waals surface area contributed by atoms with E-state index in [1.165, 1.54) is 0 Å². The second-order valence-electron chi connectivity index (χ2n) is 5.53. The van der Waals surface area contributed by atoms with E-state index in [9.17, 15) is 13.2 Å². The van der Waals surface area contributed by atoms with Crippen LogP contribution in [0, 0.1) is 0 Å². The third kappa shape index (κ3) is 4.55. The molecule has 0 unspecified atom stereocenters. The van der Waals surface area contributed by atoms with Gasteiger partial charge in [0.05, 0.1) is 10.6 Å². The Balaban J connectivity index is 1.90. The molecule has 0 bridgehead atoms. The van der Waals surface area contributed by atoms with Crippen LogP contribution in [-0.4, -0.2) is 51.2 Å². The normalized spacial score (nSPS) is 16.3. The maximum Gasteiger partial charge on any atom is 0.222 e. The Hall–Kier alpha value is -1.40. The monoisotopic (exact) mass is 324 g/mol. The molecule has 0 atom stereocenters. The second-order valence-corrected chi connectivity index (χ2v) is 7.81. The summed E-state index contributed by atoms with van der Waals surface area (Å²) < 4.78 is 23.5. The Kier molecular flexibility index (Phi) is 5.97. The van der Waals surface area contributed by atoms with Crippen molar-refractivity contribution in [1.82, 2.24) is 10.2 Å². The van der Waals surface area contributed by atoms with Gasteiger partial charge in [-0.3, -0.25) is 4.79 Å². The number of carbonyl (C=O) groups is 1. The molecule has 1 aromatic rings. The van der Waals surface area contributed by atoms with Gasteiger partial charge in [-0.15, -0.1) is 0 Å². The Labute approximate surface area is 132 Å². The number of hydrogen-bond donors (Lipinski definition) is 1. The van der Waals surface area contributed by atoms with Crippen molar-refractivity contribution in [2.45, 2.75) is 31.1 Å². The van der Waals surface area contributed by atoms with Crippen molar-refractivity contribution in [3.63, 3.8) is 0 Å². The Morgan fingerprint density at radius 2 is 1.91 bits per heavy atom.